The number of carbonyl (C=O) groups excluding carboxylic acids is 1. The topological polar surface area (TPSA) is 84.4 Å². The summed E-state index contributed by atoms with van der Waals surface area (Å²) in [6, 6.07) is 15.5. The standard InChI is InChI=1S/C25H25ClN4O3S/c1-33-22(31)13-16-4-10-20(11-5-16)27-24-23-21(3-2-12-34(23)32)28-25(29-24)30-14-18(15-30)17-6-8-19(26)9-7-17/h4-11,18H,2-3,12-15H2,1H3,(H,27,28,29)/t34-/m1/s1. The van der Waals surface area contributed by atoms with Gasteiger partial charge >= 0.3 is 5.97 Å². The van der Waals surface area contributed by atoms with E-state index in [9.17, 15) is 9.00 Å². The number of hydrogen-bond acceptors (Lipinski definition) is 7. The van der Waals surface area contributed by atoms with Gasteiger partial charge in [-0.1, -0.05) is 35.9 Å². The highest BCUT2D eigenvalue weighted by Crippen LogP contribution is 2.35. The molecule has 0 radical (unpaired) electrons. The Hall–Kier alpha value is -2.97. The summed E-state index contributed by atoms with van der Waals surface area (Å²) in [5, 5.41) is 4.08. The van der Waals surface area contributed by atoms with Gasteiger partial charge in [-0.2, -0.15) is 4.98 Å². The smallest absolute Gasteiger partial charge is 0.309 e. The average Bonchev–Trinajstić information content (AvgIpc) is 2.80. The molecule has 0 saturated carbocycles. The number of hydrogen-bond donors (Lipinski definition) is 1. The highest BCUT2D eigenvalue weighted by molar-refractivity contribution is 7.85. The van der Waals surface area contributed by atoms with E-state index >= 15 is 0 Å². The number of carbonyl (C=O) groups is 1. The molecule has 2 aliphatic heterocycles. The second-order valence-corrected chi connectivity index (χ2v) is 10.5. The quantitative estimate of drug-likeness (QED) is 0.511. The van der Waals surface area contributed by atoms with E-state index in [4.69, 9.17) is 26.3 Å². The van der Waals surface area contributed by atoms with Crippen molar-refractivity contribution in [2.45, 2.75) is 30.1 Å². The fourth-order valence-electron chi connectivity index (χ4n) is 4.26. The fourth-order valence-corrected chi connectivity index (χ4v) is 5.72. The van der Waals surface area contributed by atoms with E-state index in [0.29, 0.717) is 28.3 Å². The molecule has 0 amide bonds. The van der Waals surface area contributed by atoms with Gasteiger partial charge in [-0.3, -0.25) is 9.00 Å². The first kappa shape index (κ1) is 22.8. The van der Waals surface area contributed by atoms with Crippen LogP contribution in [-0.2, 0) is 33.2 Å². The number of nitrogens with zero attached hydrogens (tertiary/aromatic N) is 3. The van der Waals surface area contributed by atoms with Gasteiger partial charge in [0.1, 0.15) is 4.90 Å². The molecule has 3 aromatic rings. The number of anilines is 3. The molecule has 7 nitrogen and oxygen atoms in total. The van der Waals surface area contributed by atoms with Crippen LogP contribution in [0.15, 0.2) is 53.4 Å². The molecule has 1 atom stereocenters. The Bertz CT molecular complexity index is 1230. The zero-order chi connectivity index (χ0) is 23.7. The van der Waals surface area contributed by atoms with E-state index in [0.717, 1.165) is 47.9 Å². The maximum Gasteiger partial charge on any atom is 0.309 e. The van der Waals surface area contributed by atoms with Crippen molar-refractivity contribution in [2.24, 2.45) is 0 Å². The third-order valence-electron chi connectivity index (χ3n) is 6.19. The van der Waals surface area contributed by atoms with Crippen LogP contribution in [0.4, 0.5) is 17.5 Å². The molecule has 1 fully saturated rings. The van der Waals surface area contributed by atoms with Crippen LogP contribution in [-0.4, -0.2) is 46.1 Å². The summed E-state index contributed by atoms with van der Waals surface area (Å²) in [6.45, 7) is 1.65. The molecule has 9 heteroatoms. The largest absolute Gasteiger partial charge is 0.469 e. The summed E-state index contributed by atoms with van der Waals surface area (Å²) in [7, 11) is 0.241. The SMILES string of the molecule is COC(=O)Cc1ccc(Nc2nc(N3CC(c4ccc(Cl)cc4)C3)nc3c2[S@](=O)CCC3)cc1. The van der Waals surface area contributed by atoms with E-state index < -0.39 is 10.8 Å². The number of halogens is 1. The van der Waals surface area contributed by atoms with Crippen LogP contribution < -0.4 is 10.2 Å². The minimum absolute atomic E-state index is 0.220. The molecule has 1 saturated heterocycles. The monoisotopic (exact) mass is 496 g/mol. The molecule has 2 aromatic carbocycles. The van der Waals surface area contributed by atoms with Crippen molar-refractivity contribution in [3.05, 3.63) is 70.4 Å². The van der Waals surface area contributed by atoms with Crippen molar-refractivity contribution in [2.75, 3.05) is 36.2 Å². The van der Waals surface area contributed by atoms with Crippen LogP contribution in [0.3, 0.4) is 0 Å². The molecule has 1 N–H and O–H groups in total. The first-order valence-electron chi connectivity index (χ1n) is 11.2. The number of fused-ring (bicyclic) bond motifs is 1. The molecule has 176 valence electrons. The molecule has 2 aliphatic rings. The number of nitrogens with one attached hydrogen (secondary N) is 1. The predicted molar refractivity (Wildman–Crippen MR) is 133 cm³/mol. The van der Waals surface area contributed by atoms with Crippen LogP contribution in [0.25, 0.3) is 0 Å². The van der Waals surface area contributed by atoms with Crippen molar-refractivity contribution in [3.8, 4) is 0 Å². The summed E-state index contributed by atoms with van der Waals surface area (Å²) >= 11 is 6.02. The van der Waals surface area contributed by atoms with Gasteiger partial charge < -0.3 is 15.0 Å². The fraction of sp³-hybridized carbons (Fsp3) is 0.320. The highest BCUT2D eigenvalue weighted by Gasteiger charge is 2.32. The number of benzene rings is 2. The summed E-state index contributed by atoms with van der Waals surface area (Å²) in [6.07, 6.45) is 1.86. The highest BCUT2D eigenvalue weighted by atomic mass is 35.5. The number of aryl methyl sites for hydroxylation is 1. The normalized spacial score (nSPS) is 17.6. The third kappa shape index (κ3) is 4.79. The molecular formula is C25H25ClN4O3S. The van der Waals surface area contributed by atoms with Crippen LogP contribution >= 0.6 is 11.6 Å². The zero-order valence-electron chi connectivity index (χ0n) is 18.8. The van der Waals surface area contributed by atoms with E-state index in [1.807, 2.05) is 36.4 Å². The van der Waals surface area contributed by atoms with E-state index in [-0.39, 0.29) is 12.4 Å². The third-order valence-corrected chi connectivity index (χ3v) is 7.99. The maximum atomic E-state index is 12.8. The van der Waals surface area contributed by atoms with E-state index in [1.54, 1.807) is 0 Å². The van der Waals surface area contributed by atoms with Crippen LogP contribution in [0.2, 0.25) is 5.02 Å². The van der Waals surface area contributed by atoms with Crippen molar-refractivity contribution >= 4 is 45.8 Å². The number of rotatable bonds is 6. The maximum absolute atomic E-state index is 12.8. The van der Waals surface area contributed by atoms with Gasteiger partial charge in [-0.25, -0.2) is 4.98 Å². The molecule has 0 bridgehead atoms. The Morgan fingerprint density at radius 2 is 1.88 bits per heavy atom. The molecule has 1 aromatic heterocycles. The predicted octanol–water partition coefficient (Wildman–Crippen LogP) is 4.25. The molecule has 5 rings (SSSR count). The van der Waals surface area contributed by atoms with Crippen molar-refractivity contribution in [1.82, 2.24) is 9.97 Å². The molecule has 3 heterocycles. The average molecular weight is 497 g/mol. The van der Waals surface area contributed by atoms with Crippen molar-refractivity contribution in [3.63, 3.8) is 0 Å². The van der Waals surface area contributed by atoms with Crippen LogP contribution in [0, 0.1) is 0 Å². The van der Waals surface area contributed by atoms with Gasteiger partial charge in [0.05, 0.1) is 30.0 Å². The number of aromatic nitrogens is 2. The number of methoxy groups -OCH3 is 1. The van der Waals surface area contributed by atoms with Crippen molar-refractivity contribution < 1.29 is 13.7 Å². The summed E-state index contributed by atoms with van der Waals surface area (Å²) < 4.78 is 17.6. The lowest BCUT2D eigenvalue weighted by atomic mass is 9.92. The molecular weight excluding hydrogens is 472 g/mol. The Balaban J connectivity index is 1.37. The summed E-state index contributed by atoms with van der Waals surface area (Å²) in [5.41, 5.74) is 3.78. The molecule has 0 unspecified atom stereocenters. The van der Waals surface area contributed by atoms with Gasteiger partial charge in [0.2, 0.25) is 5.95 Å². The Morgan fingerprint density at radius 3 is 2.59 bits per heavy atom. The number of ether oxygens (including phenoxy) is 1. The van der Waals surface area contributed by atoms with Crippen molar-refractivity contribution in [1.29, 1.82) is 0 Å². The number of esters is 1. The second kappa shape index (κ2) is 9.72. The first-order chi connectivity index (χ1) is 16.5. The molecule has 0 aliphatic carbocycles. The minimum Gasteiger partial charge on any atom is -0.469 e. The van der Waals surface area contributed by atoms with E-state index in [2.05, 4.69) is 22.3 Å². The molecule has 0 spiro atoms. The summed E-state index contributed by atoms with van der Waals surface area (Å²) in [4.78, 5) is 24.0. The Labute approximate surface area is 206 Å². The second-order valence-electron chi connectivity index (χ2n) is 8.53. The van der Waals surface area contributed by atoms with Gasteiger partial charge in [0.25, 0.3) is 0 Å². The van der Waals surface area contributed by atoms with Crippen LogP contribution in [0.5, 0.6) is 0 Å². The lowest BCUT2D eigenvalue weighted by molar-refractivity contribution is -0.139. The molecule has 34 heavy (non-hydrogen) atoms. The van der Waals surface area contributed by atoms with Gasteiger partial charge in [-0.05, 0) is 48.2 Å². The van der Waals surface area contributed by atoms with Crippen LogP contribution in [0.1, 0.15) is 29.2 Å². The Morgan fingerprint density at radius 1 is 1.15 bits per heavy atom. The van der Waals surface area contributed by atoms with Gasteiger partial charge in [0, 0.05) is 35.5 Å². The summed E-state index contributed by atoms with van der Waals surface area (Å²) in [5.74, 6) is 1.99. The van der Waals surface area contributed by atoms with E-state index in [1.165, 1.54) is 12.7 Å². The van der Waals surface area contributed by atoms with Gasteiger partial charge in [0.15, 0.2) is 5.82 Å². The first-order valence-corrected chi connectivity index (χ1v) is 12.9. The minimum atomic E-state index is -1.14. The Kier molecular flexibility index (Phi) is 6.52. The lowest BCUT2D eigenvalue weighted by Gasteiger charge is -2.40. The van der Waals surface area contributed by atoms with Gasteiger partial charge in [-0.15, -0.1) is 0 Å². The zero-order valence-corrected chi connectivity index (χ0v) is 20.4. The lowest BCUT2D eigenvalue weighted by Crippen LogP contribution is -2.46.